The second-order valence-corrected chi connectivity index (χ2v) is 5.52. The van der Waals surface area contributed by atoms with E-state index in [2.05, 4.69) is 13.8 Å². The van der Waals surface area contributed by atoms with Gasteiger partial charge in [0.15, 0.2) is 0 Å². The molecule has 0 amide bonds. The lowest BCUT2D eigenvalue weighted by molar-refractivity contribution is -0.131. The molecule has 0 unspecified atom stereocenters. The van der Waals surface area contributed by atoms with Crippen LogP contribution >= 0.6 is 0 Å². The fourth-order valence-corrected chi connectivity index (χ4v) is 2.01. The summed E-state index contributed by atoms with van der Waals surface area (Å²) in [7, 11) is 0. The predicted octanol–water partition coefficient (Wildman–Crippen LogP) is 3.79. The summed E-state index contributed by atoms with van der Waals surface area (Å²) in [6, 6.07) is 5.00. The Bertz CT molecular complexity index is 495. The maximum absolute atomic E-state index is 14.2. The third-order valence-corrected chi connectivity index (χ3v) is 2.88. The number of anilines is 1. The molecule has 110 valence electrons. The molecule has 0 atom stereocenters. The van der Waals surface area contributed by atoms with E-state index in [9.17, 15) is 9.18 Å². The van der Waals surface area contributed by atoms with Crippen molar-refractivity contribution in [1.82, 2.24) is 0 Å². The Hall–Kier alpha value is -1.84. The molecule has 0 saturated heterocycles. The molecular weight excluding hydrogens is 257 g/mol. The second kappa shape index (κ2) is 7.08. The molecule has 1 rings (SSSR count). The minimum atomic E-state index is -1.04. The van der Waals surface area contributed by atoms with E-state index in [1.807, 2.05) is 18.7 Å². The monoisotopic (exact) mass is 279 g/mol. The van der Waals surface area contributed by atoms with Crippen LogP contribution in [0.3, 0.4) is 0 Å². The van der Waals surface area contributed by atoms with Gasteiger partial charge in [0.1, 0.15) is 5.82 Å². The summed E-state index contributed by atoms with van der Waals surface area (Å²) in [6.07, 6.45) is 2.39. The Labute approximate surface area is 119 Å². The van der Waals surface area contributed by atoms with Crippen molar-refractivity contribution in [3.05, 3.63) is 35.7 Å². The van der Waals surface area contributed by atoms with Crippen LogP contribution < -0.4 is 4.90 Å². The van der Waals surface area contributed by atoms with Crippen molar-refractivity contribution >= 4 is 17.7 Å². The minimum absolute atomic E-state index is 0.201. The number of nitrogens with zero attached hydrogens (tertiary/aromatic N) is 1. The first-order valence-electron chi connectivity index (χ1n) is 6.78. The van der Waals surface area contributed by atoms with E-state index < -0.39 is 5.97 Å². The summed E-state index contributed by atoms with van der Waals surface area (Å²) in [5, 5.41) is 8.57. The lowest BCUT2D eigenvalue weighted by Crippen LogP contribution is -2.34. The van der Waals surface area contributed by atoms with Gasteiger partial charge in [-0.1, -0.05) is 19.9 Å². The van der Waals surface area contributed by atoms with Gasteiger partial charge in [0.25, 0.3) is 0 Å². The van der Waals surface area contributed by atoms with Crippen LogP contribution in [0.15, 0.2) is 24.3 Å². The van der Waals surface area contributed by atoms with Crippen molar-refractivity contribution in [3.63, 3.8) is 0 Å². The zero-order chi connectivity index (χ0) is 15.3. The van der Waals surface area contributed by atoms with Gasteiger partial charge in [-0.15, -0.1) is 0 Å². The van der Waals surface area contributed by atoms with E-state index in [0.717, 1.165) is 12.6 Å². The number of rotatable bonds is 6. The first-order valence-corrected chi connectivity index (χ1v) is 6.78. The number of benzene rings is 1. The van der Waals surface area contributed by atoms with Gasteiger partial charge in [0.2, 0.25) is 0 Å². The highest BCUT2D eigenvalue weighted by atomic mass is 19.1. The third kappa shape index (κ3) is 4.68. The summed E-state index contributed by atoms with van der Waals surface area (Å²) >= 11 is 0. The van der Waals surface area contributed by atoms with Crippen LogP contribution in [0.2, 0.25) is 0 Å². The SMILES string of the molecule is CC(C)CN(c1ccc(C=CC(=O)O)cc1F)C(C)C. The van der Waals surface area contributed by atoms with Crippen LogP contribution in [-0.2, 0) is 4.79 Å². The molecule has 0 saturated carbocycles. The highest BCUT2D eigenvalue weighted by molar-refractivity contribution is 5.85. The van der Waals surface area contributed by atoms with Gasteiger partial charge in [0, 0.05) is 18.7 Å². The molecule has 0 aliphatic heterocycles. The number of carboxylic acids is 1. The normalized spacial score (nSPS) is 11.6. The molecule has 1 aromatic carbocycles. The summed E-state index contributed by atoms with van der Waals surface area (Å²) < 4.78 is 14.2. The average molecular weight is 279 g/mol. The van der Waals surface area contributed by atoms with E-state index in [4.69, 9.17) is 5.11 Å². The van der Waals surface area contributed by atoms with Crippen molar-refractivity contribution < 1.29 is 14.3 Å². The highest BCUT2D eigenvalue weighted by Gasteiger charge is 2.16. The van der Waals surface area contributed by atoms with Crippen LogP contribution in [0.25, 0.3) is 6.08 Å². The largest absolute Gasteiger partial charge is 0.478 e. The number of carboxylic acid groups (broad SMARTS) is 1. The highest BCUT2D eigenvalue weighted by Crippen LogP contribution is 2.24. The molecule has 20 heavy (non-hydrogen) atoms. The van der Waals surface area contributed by atoms with Crippen LogP contribution in [0, 0.1) is 11.7 Å². The number of halogens is 1. The smallest absolute Gasteiger partial charge is 0.328 e. The average Bonchev–Trinajstić information content (AvgIpc) is 2.33. The Morgan fingerprint density at radius 2 is 2.00 bits per heavy atom. The minimum Gasteiger partial charge on any atom is -0.478 e. The Balaban J connectivity index is 3.03. The van der Waals surface area contributed by atoms with Gasteiger partial charge in [-0.3, -0.25) is 0 Å². The molecule has 0 radical (unpaired) electrons. The van der Waals surface area contributed by atoms with E-state index >= 15 is 0 Å². The standard InChI is InChI=1S/C16H22FNO2/c1-11(2)10-18(12(3)4)15-7-5-13(9-14(15)17)6-8-16(19)20/h5-9,11-12H,10H2,1-4H3,(H,19,20). The summed E-state index contributed by atoms with van der Waals surface area (Å²) in [5.41, 5.74) is 1.10. The molecule has 0 aliphatic rings. The fraction of sp³-hybridized carbons (Fsp3) is 0.438. The van der Waals surface area contributed by atoms with E-state index in [0.29, 0.717) is 17.2 Å². The Morgan fingerprint density at radius 3 is 2.45 bits per heavy atom. The van der Waals surface area contributed by atoms with E-state index in [1.165, 1.54) is 12.1 Å². The van der Waals surface area contributed by atoms with E-state index in [-0.39, 0.29) is 11.9 Å². The van der Waals surface area contributed by atoms with Crippen LogP contribution in [0.1, 0.15) is 33.3 Å². The summed E-state index contributed by atoms with van der Waals surface area (Å²) in [6.45, 7) is 9.02. The molecule has 4 heteroatoms. The second-order valence-electron chi connectivity index (χ2n) is 5.52. The summed E-state index contributed by atoms with van der Waals surface area (Å²) in [4.78, 5) is 12.5. The predicted molar refractivity (Wildman–Crippen MR) is 80.4 cm³/mol. The molecule has 0 heterocycles. The van der Waals surface area contributed by atoms with Crippen LogP contribution in [0.4, 0.5) is 10.1 Å². The van der Waals surface area contributed by atoms with Crippen molar-refractivity contribution in [2.45, 2.75) is 33.7 Å². The van der Waals surface area contributed by atoms with Crippen molar-refractivity contribution in [2.75, 3.05) is 11.4 Å². The lowest BCUT2D eigenvalue weighted by atomic mass is 10.1. The molecular formula is C16H22FNO2. The topological polar surface area (TPSA) is 40.5 Å². The quantitative estimate of drug-likeness (QED) is 0.805. The zero-order valence-corrected chi connectivity index (χ0v) is 12.4. The van der Waals surface area contributed by atoms with Gasteiger partial charge in [-0.05, 0) is 43.5 Å². The number of hydrogen-bond acceptors (Lipinski definition) is 2. The number of aliphatic carboxylic acids is 1. The molecule has 1 aromatic rings. The van der Waals surface area contributed by atoms with Gasteiger partial charge < -0.3 is 10.0 Å². The summed E-state index contributed by atoms with van der Waals surface area (Å²) in [5.74, 6) is -0.937. The number of hydrogen-bond donors (Lipinski definition) is 1. The first-order chi connectivity index (χ1) is 9.31. The fourth-order valence-electron chi connectivity index (χ4n) is 2.01. The lowest BCUT2D eigenvalue weighted by Gasteiger charge is -2.31. The molecule has 1 N–H and O–H groups in total. The van der Waals surface area contributed by atoms with Crippen LogP contribution in [0.5, 0.6) is 0 Å². The molecule has 0 bridgehead atoms. The van der Waals surface area contributed by atoms with Gasteiger partial charge in [0.05, 0.1) is 5.69 Å². The van der Waals surface area contributed by atoms with Crippen molar-refractivity contribution in [3.8, 4) is 0 Å². The molecule has 0 aromatic heterocycles. The van der Waals surface area contributed by atoms with E-state index in [1.54, 1.807) is 12.1 Å². The molecule has 0 fully saturated rings. The van der Waals surface area contributed by atoms with Crippen LogP contribution in [-0.4, -0.2) is 23.7 Å². The molecule has 0 spiro atoms. The third-order valence-electron chi connectivity index (χ3n) is 2.88. The maximum atomic E-state index is 14.2. The van der Waals surface area contributed by atoms with Crippen molar-refractivity contribution in [2.24, 2.45) is 5.92 Å². The molecule has 3 nitrogen and oxygen atoms in total. The first kappa shape index (κ1) is 16.2. The van der Waals surface area contributed by atoms with Gasteiger partial charge >= 0.3 is 5.97 Å². The number of carbonyl (C=O) groups is 1. The Morgan fingerprint density at radius 1 is 1.35 bits per heavy atom. The van der Waals surface area contributed by atoms with Crippen molar-refractivity contribution in [1.29, 1.82) is 0 Å². The maximum Gasteiger partial charge on any atom is 0.328 e. The zero-order valence-electron chi connectivity index (χ0n) is 12.4. The van der Waals surface area contributed by atoms with Gasteiger partial charge in [-0.25, -0.2) is 9.18 Å². The Kier molecular flexibility index (Phi) is 5.74. The van der Waals surface area contributed by atoms with Gasteiger partial charge in [-0.2, -0.15) is 0 Å². The molecule has 0 aliphatic carbocycles.